The Hall–Kier alpha value is -5.22. The Kier molecular flexibility index (Phi) is 17.1. The van der Waals surface area contributed by atoms with E-state index in [0.717, 1.165) is 12.8 Å². The van der Waals surface area contributed by atoms with Gasteiger partial charge in [0.1, 0.15) is 0 Å². The molecule has 0 heterocycles. The van der Waals surface area contributed by atoms with Gasteiger partial charge in [-0.1, -0.05) is 0 Å². The Morgan fingerprint density at radius 2 is 0.645 bits per heavy atom. The summed E-state index contributed by atoms with van der Waals surface area (Å²) in [6.07, 6.45) is 12.4. The minimum atomic E-state index is -2.90. The largest absolute Gasteiger partial charge is 1.00 e. The standard InChI is InChI=1S/2C13H9.2C13H10.2C10H15.2ClH.2Hf/c2*1-3-7-12-10(5-1)9-11-6-2-4-8-13(11)12;2*1-3-7-12(8-4-1)11-13-9-5-2-6-10-13;2*1-8-5-6-9(7-8)10(2,3)4;;;;/h2*1-5,7-8H,9H2;2*1-10H;2*6-8H,1-4H3;2*1H;;/p-2. The van der Waals surface area contributed by atoms with Gasteiger partial charge in [0.2, 0.25) is 0 Å². The van der Waals surface area contributed by atoms with E-state index in [1.54, 1.807) is 30.9 Å². The fourth-order valence-corrected chi connectivity index (χ4v) is 36.4. The van der Waals surface area contributed by atoms with Crippen LogP contribution in [0.3, 0.4) is 0 Å². The van der Waals surface area contributed by atoms with Gasteiger partial charge in [-0.05, 0) is 0 Å². The molecule has 4 aliphatic rings. The molecule has 0 saturated heterocycles. The van der Waals surface area contributed by atoms with E-state index in [0.29, 0.717) is 11.8 Å². The fraction of sp³-hybridized carbons (Fsp3) is 0.194. The van der Waals surface area contributed by atoms with Crippen molar-refractivity contribution in [1.82, 2.24) is 0 Å². The molecule has 0 aromatic heterocycles. The maximum Gasteiger partial charge on any atom is -1.00 e. The molecule has 0 bridgehead atoms. The monoisotopic (exact) mass is 1360 g/mol. The van der Waals surface area contributed by atoms with Gasteiger partial charge >= 0.3 is 461 Å². The van der Waals surface area contributed by atoms with E-state index < -0.39 is 41.9 Å². The van der Waals surface area contributed by atoms with Crippen molar-refractivity contribution in [2.24, 2.45) is 22.7 Å². The van der Waals surface area contributed by atoms with Crippen LogP contribution in [0.25, 0.3) is 22.3 Å². The van der Waals surface area contributed by atoms with Gasteiger partial charge in [0, 0.05) is 0 Å². The van der Waals surface area contributed by atoms with E-state index >= 15 is 0 Å². The molecule has 0 nitrogen and oxygen atoms in total. The SMILES string of the molecule is CC1C=C(C(C)(C)C)C=[C]1[Hf](=[C](c1ccccc1)c1ccccc1)[c]1cccc2c1Cc1ccccc1-2.CC1C=C(C(C)(C)C)C=[C]1[Hf](=[C](c1ccccc1)c1ccccc1)[c]1cccc2c1Cc1ccccc1-2.[Cl-].[Cl-]. The second-order valence-corrected chi connectivity index (χ2v) is 39.8. The zero-order valence-corrected chi connectivity index (χ0v) is 54.0. The number of hydrogen-bond acceptors (Lipinski definition) is 0. The summed E-state index contributed by atoms with van der Waals surface area (Å²) in [5, 5.41) is 0. The average Bonchev–Trinajstić information content (AvgIpc) is 4.21. The topological polar surface area (TPSA) is 0 Å². The van der Waals surface area contributed by atoms with Crippen molar-refractivity contribution in [1.29, 1.82) is 0 Å². The molecule has 0 amide bonds. The van der Waals surface area contributed by atoms with Gasteiger partial charge in [0.05, 0.1) is 0 Å². The molecule has 0 aliphatic heterocycles. The van der Waals surface area contributed by atoms with Crippen LogP contribution in [0.5, 0.6) is 0 Å². The third-order valence-electron chi connectivity index (χ3n) is 15.8. The van der Waals surface area contributed by atoms with Crippen molar-refractivity contribution in [3.05, 3.63) is 293 Å². The molecule has 0 fully saturated rings. The summed E-state index contributed by atoms with van der Waals surface area (Å²) in [5.74, 6) is 0.942. The van der Waals surface area contributed by atoms with Crippen LogP contribution in [-0.4, -0.2) is 6.51 Å². The molecule has 76 heavy (non-hydrogen) atoms. The van der Waals surface area contributed by atoms with Gasteiger partial charge in [0.25, 0.3) is 0 Å². The number of halogens is 2. The molecule has 12 rings (SSSR count). The van der Waals surface area contributed by atoms with E-state index in [1.807, 2.05) is 0 Å². The number of benzene rings is 8. The number of hydrogen-bond donors (Lipinski definition) is 0. The molecular formula is C72H68Cl2Hf2-2. The first-order valence-corrected chi connectivity index (χ1v) is 37.6. The van der Waals surface area contributed by atoms with Crippen molar-refractivity contribution < 1.29 is 66.7 Å². The quantitative estimate of drug-likeness (QED) is 0.133. The van der Waals surface area contributed by atoms with Crippen molar-refractivity contribution >= 4 is 13.2 Å². The van der Waals surface area contributed by atoms with E-state index in [1.165, 1.54) is 66.8 Å². The molecule has 0 spiro atoms. The van der Waals surface area contributed by atoms with Crippen LogP contribution in [0.15, 0.2) is 248 Å². The first kappa shape index (κ1) is 55.5. The zero-order chi connectivity index (χ0) is 51.1. The van der Waals surface area contributed by atoms with Gasteiger partial charge in [0.15, 0.2) is 0 Å². The Morgan fingerprint density at radius 3 is 0.947 bits per heavy atom. The van der Waals surface area contributed by atoms with E-state index in [-0.39, 0.29) is 35.6 Å². The molecule has 380 valence electrons. The van der Waals surface area contributed by atoms with E-state index in [2.05, 4.69) is 286 Å². The Bertz CT molecular complexity index is 3290. The van der Waals surface area contributed by atoms with Crippen LogP contribution in [0.1, 0.15) is 99.9 Å². The molecule has 0 N–H and O–H groups in total. The van der Waals surface area contributed by atoms with E-state index in [9.17, 15) is 0 Å². The van der Waals surface area contributed by atoms with Gasteiger partial charge < -0.3 is 24.8 Å². The van der Waals surface area contributed by atoms with Crippen LogP contribution in [-0.2, 0) is 54.8 Å². The first-order chi connectivity index (χ1) is 35.8. The summed E-state index contributed by atoms with van der Waals surface area (Å²) in [6.45, 7) is 19.0. The summed E-state index contributed by atoms with van der Waals surface area (Å²) in [6, 6.07) is 77.3. The fourth-order valence-electron chi connectivity index (χ4n) is 11.9. The summed E-state index contributed by atoms with van der Waals surface area (Å²) < 4.78 is 9.95. The molecule has 0 radical (unpaired) electrons. The summed E-state index contributed by atoms with van der Waals surface area (Å²) in [5.41, 5.74) is 20.7. The predicted octanol–water partition coefficient (Wildman–Crippen LogP) is 10.6. The van der Waals surface area contributed by atoms with Gasteiger partial charge in [-0.3, -0.25) is 0 Å². The molecule has 0 saturated carbocycles. The summed E-state index contributed by atoms with van der Waals surface area (Å²) in [4.78, 5) is 0. The molecular weight excluding hydrogens is 1290 g/mol. The summed E-state index contributed by atoms with van der Waals surface area (Å²) in [7, 11) is 0. The third kappa shape index (κ3) is 11.1. The smallest absolute Gasteiger partial charge is 1.00 e. The van der Waals surface area contributed by atoms with Gasteiger partial charge in [-0.25, -0.2) is 0 Å². The Morgan fingerprint density at radius 1 is 0.355 bits per heavy atom. The third-order valence-corrected chi connectivity index (χ3v) is 39.2. The van der Waals surface area contributed by atoms with Crippen molar-refractivity contribution in [2.75, 3.05) is 0 Å². The molecule has 4 aliphatic carbocycles. The number of allylic oxidation sites excluding steroid dienone is 8. The second kappa shape index (κ2) is 23.4. The van der Waals surface area contributed by atoms with Crippen LogP contribution in [0.2, 0.25) is 0 Å². The predicted molar refractivity (Wildman–Crippen MR) is 310 cm³/mol. The van der Waals surface area contributed by atoms with Crippen molar-refractivity contribution in [3.8, 4) is 22.3 Å². The molecule has 4 heteroatoms. The number of rotatable bonds is 8. The van der Waals surface area contributed by atoms with Crippen molar-refractivity contribution in [2.45, 2.75) is 68.2 Å². The first-order valence-electron chi connectivity index (χ1n) is 26.8. The van der Waals surface area contributed by atoms with Crippen LogP contribution < -0.4 is 31.5 Å². The van der Waals surface area contributed by atoms with E-state index in [4.69, 9.17) is 0 Å². The van der Waals surface area contributed by atoms with Crippen LogP contribution >= 0.6 is 0 Å². The Labute approximate surface area is 481 Å². The molecule has 2 unspecified atom stereocenters. The van der Waals surface area contributed by atoms with Crippen molar-refractivity contribution in [3.63, 3.8) is 0 Å². The van der Waals surface area contributed by atoms with Gasteiger partial charge in [-0.2, -0.15) is 0 Å². The maximum absolute atomic E-state index is 2.90. The van der Waals surface area contributed by atoms with Gasteiger partial charge in [-0.15, -0.1) is 0 Å². The zero-order valence-electron chi connectivity index (χ0n) is 45.3. The Balaban J connectivity index is 0.000000181. The summed E-state index contributed by atoms with van der Waals surface area (Å²) >= 11 is -5.79. The van der Waals surface area contributed by atoms with Crippen LogP contribution in [0, 0.1) is 22.7 Å². The average molecular weight is 1360 g/mol. The molecule has 8 aromatic rings. The minimum absolute atomic E-state index is 0. The molecule has 8 aromatic carbocycles. The second-order valence-electron chi connectivity index (χ2n) is 22.8. The normalized spacial score (nSPS) is 15.6. The minimum Gasteiger partial charge on any atom is -1.00 e. The van der Waals surface area contributed by atoms with Crippen LogP contribution in [0.4, 0.5) is 0 Å². The number of fused-ring (bicyclic) bond motifs is 6. The molecule has 2 atom stereocenters. The maximum atomic E-state index is 2.61.